The van der Waals surface area contributed by atoms with E-state index in [2.05, 4.69) is 10.6 Å². The van der Waals surface area contributed by atoms with E-state index in [0.717, 1.165) is 11.1 Å². The molecule has 0 bridgehead atoms. The maximum absolute atomic E-state index is 12.6. The van der Waals surface area contributed by atoms with Crippen molar-refractivity contribution in [1.29, 1.82) is 0 Å². The van der Waals surface area contributed by atoms with Gasteiger partial charge in [-0.1, -0.05) is 41.4 Å². The molecule has 0 spiro atoms. The molecule has 6 heteroatoms. The molecule has 0 radical (unpaired) electrons. The Kier molecular flexibility index (Phi) is 7.39. The predicted molar refractivity (Wildman–Crippen MR) is 110 cm³/mol. The highest BCUT2D eigenvalue weighted by Crippen LogP contribution is 2.16. The molecule has 2 aromatic carbocycles. The van der Waals surface area contributed by atoms with Crippen molar-refractivity contribution in [2.45, 2.75) is 32.9 Å². The smallest absolute Gasteiger partial charge is 0.243 e. The van der Waals surface area contributed by atoms with Crippen molar-refractivity contribution in [1.82, 2.24) is 10.2 Å². The Morgan fingerprint density at radius 2 is 1.63 bits per heavy atom. The summed E-state index contributed by atoms with van der Waals surface area (Å²) in [5, 5.41) is 6.73. The van der Waals surface area contributed by atoms with E-state index in [1.807, 2.05) is 62.4 Å². The zero-order valence-corrected chi connectivity index (χ0v) is 16.9. The van der Waals surface area contributed by atoms with Gasteiger partial charge < -0.3 is 10.2 Å². The molecule has 144 valence electrons. The van der Waals surface area contributed by atoms with Gasteiger partial charge in [0.1, 0.15) is 0 Å². The third kappa shape index (κ3) is 6.38. The Morgan fingerprint density at radius 3 is 2.22 bits per heavy atom. The predicted octanol–water partition coefficient (Wildman–Crippen LogP) is 3.78. The summed E-state index contributed by atoms with van der Waals surface area (Å²) < 4.78 is 0. The lowest BCUT2D eigenvalue weighted by atomic mass is 10.1. The molecule has 0 aromatic heterocycles. The minimum absolute atomic E-state index is 0.00590. The van der Waals surface area contributed by atoms with Crippen molar-refractivity contribution in [3.05, 3.63) is 64.7 Å². The fourth-order valence-corrected chi connectivity index (χ4v) is 2.88. The molecule has 0 fully saturated rings. The van der Waals surface area contributed by atoms with Gasteiger partial charge in [0, 0.05) is 23.8 Å². The van der Waals surface area contributed by atoms with Crippen molar-refractivity contribution in [3.63, 3.8) is 0 Å². The summed E-state index contributed by atoms with van der Waals surface area (Å²) >= 11 is 5.91. The highest BCUT2D eigenvalue weighted by atomic mass is 35.5. The molecule has 2 amide bonds. The second kappa shape index (κ2) is 9.53. The summed E-state index contributed by atoms with van der Waals surface area (Å²) in [6.07, 6.45) is 0. The molecule has 0 unspecified atom stereocenters. The molecule has 2 atom stereocenters. The van der Waals surface area contributed by atoms with E-state index in [9.17, 15) is 9.59 Å². The van der Waals surface area contributed by atoms with Crippen LogP contribution in [0.2, 0.25) is 5.02 Å². The van der Waals surface area contributed by atoms with Crippen LogP contribution in [0, 0.1) is 6.92 Å². The van der Waals surface area contributed by atoms with E-state index in [1.165, 1.54) is 4.90 Å². The minimum Gasteiger partial charge on any atom is -0.335 e. The van der Waals surface area contributed by atoms with Crippen LogP contribution in [0.1, 0.15) is 31.0 Å². The normalized spacial score (nSPS) is 12.9. The Morgan fingerprint density at radius 1 is 1.04 bits per heavy atom. The second-order valence-electron chi connectivity index (χ2n) is 6.77. The monoisotopic (exact) mass is 387 g/mol. The van der Waals surface area contributed by atoms with Crippen LogP contribution >= 0.6 is 11.6 Å². The SMILES string of the molecule is Cc1ccc(NC(=O)CN(C)C(=O)[C@@H](C)N[C@@H](C)c2ccc(Cl)cc2)cc1. The van der Waals surface area contributed by atoms with Crippen LogP contribution in [0.25, 0.3) is 0 Å². The van der Waals surface area contributed by atoms with Gasteiger partial charge in [-0.3, -0.25) is 14.9 Å². The second-order valence-corrected chi connectivity index (χ2v) is 7.21. The molecule has 2 N–H and O–H groups in total. The van der Waals surface area contributed by atoms with Crippen molar-refractivity contribution < 1.29 is 9.59 Å². The third-order valence-electron chi connectivity index (χ3n) is 4.33. The number of carbonyl (C=O) groups excluding carboxylic acids is 2. The average Bonchev–Trinajstić information content (AvgIpc) is 2.63. The summed E-state index contributed by atoms with van der Waals surface area (Å²) in [6.45, 7) is 5.76. The summed E-state index contributed by atoms with van der Waals surface area (Å²) in [5.74, 6) is -0.373. The molecule has 2 aromatic rings. The maximum Gasteiger partial charge on any atom is 0.243 e. The van der Waals surface area contributed by atoms with E-state index in [4.69, 9.17) is 11.6 Å². The van der Waals surface area contributed by atoms with E-state index >= 15 is 0 Å². The van der Waals surface area contributed by atoms with Crippen LogP contribution in [0.4, 0.5) is 5.69 Å². The lowest BCUT2D eigenvalue weighted by Gasteiger charge is -2.24. The molecular weight excluding hydrogens is 362 g/mol. The first-order valence-electron chi connectivity index (χ1n) is 8.89. The van der Waals surface area contributed by atoms with Gasteiger partial charge in [0.15, 0.2) is 0 Å². The fourth-order valence-electron chi connectivity index (χ4n) is 2.76. The van der Waals surface area contributed by atoms with Gasteiger partial charge in [0.25, 0.3) is 0 Å². The topological polar surface area (TPSA) is 61.4 Å². The Labute approximate surface area is 165 Å². The lowest BCUT2D eigenvalue weighted by molar-refractivity contribution is -0.135. The standard InChI is InChI=1S/C21H26ClN3O2/c1-14-5-11-19(12-6-14)24-20(26)13-25(4)21(27)16(3)23-15(2)17-7-9-18(22)10-8-17/h5-12,15-16,23H,13H2,1-4H3,(H,24,26)/t15-,16+/m0/s1. The lowest BCUT2D eigenvalue weighted by Crippen LogP contribution is -2.46. The molecule has 5 nitrogen and oxygen atoms in total. The van der Waals surface area contributed by atoms with Gasteiger partial charge in [0.2, 0.25) is 11.8 Å². The van der Waals surface area contributed by atoms with Gasteiger partial charge in [-0.15, -0.1) is 0 Å². The third-order valence-corrected chi connectivity index (χ3v) is 4.58. The number of rotatable bonds is 7. The Bertz CT molecular complexity index is 775. The van der Waals surface area contributed by atoms with Crippen LogP contribution in [-0.2, 0) is 9.59 Å². The number of hydrogen-bond acceptors (Lipinski definition) is 3. The van der Waals surface area contributed by atoms with Gasteiger partial charge >= 0.3 is 0 Å². The number of aryl methyl sites for hydroxylation is 1. The molecular formula is C21H26ClN3O2. The first-order chi connectivity index (χ1) is 12.8. The zero-order valence-electron chi connectivity index (χ0n) is 16.1. The van der Waals surface area contributed by atoms with Crippen LogP contribution in [0.5, 0.6) is 0 Å². The average molecular weight is 388 g/mol. The quantitative estimate of drug-likeness (QED) is 0.759. The number of benzene rings is 2. The molecule has 2 rings (SSSR count). The van der Waals surface area contributed by atoms with Gasteiger partial charge in [-0.2, -0.15) is 0 Å². The van der Waals surface area contributed by atoms with Crippen LogP contribution in [0.3, 0.4) is 0 Å². The summed E-state index contributed by atoms with van der Waals surface area (Å²) in [7, 11) is 1.63. The number of halogens is 1. The molecule has 0 heterocycles. The Balaban J connectivity index is 1.86. The van der Waals surface area contributed by atoms with Gasteiger partial charge in [-0.25, -0.2) is 0 Å². The summed E-state index contributed by atoms with van der Waals surface area (Å²) in [6, 6.07) is 14.6. The van der Waals surface area contributed by atoms with Crippen LogP contribution < -0.4 is 10.6 Å². The Hall–Kier alpha value is -2.37. The highest BCUT2D eigenvalue weighted by Gasteiger charge is 2.21. The van der Waals surface area contributed by atoms with Gasteiger partial charge in [-0.05, 0) is 50.6 Å². The summed E-state index contributed by atoms with van der Waals surface area (Å²) in [4.78, 5) is 26.2. The van der Waals surface area contributed by atoms with Crippen molar-refractivity contribution >= 4 is 29.1 Å². The molecule has 0 saturated carbocycles. The molecule has 0 saturated heterocycles. The van der Waals surface area contributed by atoms with E-state index in [-0.39, 0.29) is 24.4 Å². The number of hydrogen-bond donors (Lipinski definition) is 2. The van der Waals surface area contributed by atoms with E-state index in [1.54, 1.807) is 14.0 Å². The largest absolute Gasteiger partial charge is 0.335 e. The number of amides is 2. The number of nitrogens with one attached hydrogen (secondary N) is 2. The van der Waals surface area contributed by atoms with E-state index in [0.29, 0.717) is 10.7 Å². The molecule has 0 aliphatic rings. The number of likely N-dealkylation sites (N-methyl/N-ethyl adjacent to an activating group) is 1. The first kappa shape index (κ1) is 20.9. The summed E-state index contributed by atoms with van der Waals surface area (Å²) in [5.41, 5.74) is 2.88. The van der Waals surface area contributed by atoms with Gasteiger partial charge in [0.05, 0.1) is 12.6 Å². The zero-order chi connectivity index (χ0) is 20.0. The number of carbonyl (C=O) groups is 2. The molecule has 0 aliphatic heterocycles. The first-order valence-corrected chi connectivity index (χ1v) is 9.27. The highest BCUT2D eigenvalue weighted by molar-refractivity contribution is 6.30. The number of anilines is 1. The molecule has 0 aliphatic carbocycles. The van der Waals surface area contributed by atoms with Crippen LogP contribution in [-0.4, -0.2) is 36.3 Å². The maximum atomic E-state index is 12.6. The van der Waals surface area contributed by atoms with Crippen molar-refractivity contribution in [3.8, 4) is 0 Å². The van der Waals surface area contributed by atoms with Crippen molar-refractivity contribution in [2.75, 3.05) is 18.9 Å². The van der Waals surface area contributed by atoms with E-state index < -0.39 is 6.04 Å². The van der Waals surface area contributed by atoms with Crippen molar-refractivity contribution in [2.24, 2.45) is 0 Å². The fraction of sp³-hybridized carbons (Fsp3) is 0.333. The number of nitrogens with zero attached hydrogens (tertiary/aromatic N) is 1. The van der Waals surface area contributed by atoms with Crippen LogP contribution in [0.15, 0.2) is 48.5 Å². The minimum atomic E-state index is -0.423. The molecule has 27 heavy (non-hydrogen) atoms.